The average molecular weight is 590 g/mol. The Labute approximate surface area is 245 Å². The van der Waals surface area contributed by atoms with Crippen LogP contribution in [0.5, 0.6) is 5.75 Å². The number of hydrogen-bond donors (Lipinski definition) is 3. The summed E-state index contributed by atoms with van der Waals surface area (Å²) < 4.78 is 21.7. The van der Waals surface area contributed by atoms with E-state index >= 15 is 0 Å². The van der Waals surface area contributed by atoms with E-state index in [2.05, 4.69) is 10.4 Å². The van der Waals surface area contributed by atoms with Crippen molar-refractivity contribution < 1.29 is 23.8 Å². The number of amides is 2. The van der Waals surface area contributed by atoms with Crippen LogP contribution in [0.25, 0.3) is 16.8 Å². The molecule has 2 saturated carbocycles. The largest absolute Gasteiger partial charge is 0.489 e. The predicted molar refractivity (Wildman–Crippen MR) is 153 cm³/mol. The lowest BCUT2D eigenvalue weighted by molar-refractivity contribution is -0.123. The highest BCUT2D eigenvalue weighted by atomic mass is 35.5. The van der Waals surface area contributed by atoms with E-state index in [9.17, 15) is 19.1 Å². The molecule has 1 unspecified atom stereocenters. The van der Waals surface area contributed by atoms with Gasteiger partial charge >= 0.3 is 0 Å². The fourth-order valence-corrected chi connectivity index (χ4v) is 5.88. The van der Waals surface area contributed by atoms with Crippen molar-refractivity contribution in [1.82, 2.24) is 19.9 Å². The molecule has 2 aliphatic carbocycles. The first kappa shape index (κ1) is 26.9. The van der Waals surface area contributed by atoms with Gasteiger partial charge in [0.05, 0.1) is 28.5 Å². The fourth-order valence-electron chi connectivity index (χ4n) is 5.70. The summed E-state index contributed by atoms with van der Waals surface area (Å²) in [4.78, 5) is 30.7. The van der Waals surface area contributed by atoms with E-state index in [0.717, 1.165) is 36.9 Å². The molecule has 4 heterocycles. The second-order valence-electron chi connectivity index (χ2n) is 11.9. The highest BCUT2D eigenvalue weighted by Gasteiger charge is 2.50. The van der Waals surface area contributed by atoms with Crippen LogP contribution in [0.4, 0.5) is 4.39 Å². The Bertz CT molecular complexity index is 1780. The summed E-state index contributed by atoms with van der Waals surface area (Å²) in [5.74, 6) is -0.884. The smallest absolute Gasteiger partial charge is 0.251 e. The minimum Gasteiger partial charge on any atom is -0.489 e. The quantitative estimate of drug-likeness (QED) is 0.282. The number of nitrogens with two attached hydrogens (primary N) is 1. The number of nitrogens with zero attached hydrogens (tertiary/aromatic N) is 3. The van der Waals surface area contributed by atoms with Gasteiger partial charge in [0.25, 0.3) is 5.91 Å². The minimum atomic E-state index is -1.55. The van der Waals surface area contributed by atoms with Crippen LogP contribution in [0.2, 0.25) is 5.02 Å². The third-order valence-corrected chi connectivity index (χ3v) is 9.05. The Kier molecular flexibility index (Phi) is 6.07. The van der Waals surface area contributed by atoms with Crippen LogP contribution >= 0.6 is 11.6 Å². The van der Waals surface area contributed by atoms with Gasteiger partial charge in [-0.3, -0.25) is 9.59 Å². The van der Waals surface area contributed by atoms with E-state index in [-0.39, 0.29) is 35.7 Å². The van der Waals surface area contributed by atoms with Crippen LogP contribution in [-0.2, 0) is 15.8 Å². The Morgan fingerprint density at radius 1 is 1.21 bits per heavy atom. The van der Waals surface area contributed by atoms with Crippen LogP contribution < -0.4 is 15.8 Å². The van der Waals surface area contributed by atoms with Gasteiger partial charge in [-0.1, -0.05) is 11.6 Å². The Morgan fingerprint density at radius 2 is 2.00 bits per heavy atom. The molecule has 42 heavy (non-hydrogen) atoms. The van der Waals surface area contributed by atoms with Gasteiger partial charge in [0.15, 0.2) is 0 Å². The molecular formula is C31H29ClFN5O4. The number of aromatic nitrogens is 3. The van der Waals surface area contributed by atoms with Crippen LogP contribution in [-0.4, -0.2) is 44.7 Å². The monoisotopic (exact) mass is 589 g/mol. The van der Waals surface area contributed by atoms with Crippen molar-refractivity contribution in [2.75, 3.05) is 13.2 Å². The second-order valence-corrected chi connectivity index (χ2v) is 12.3. The summed E-state index contributed by atoms with van der Waals surface area (Å²) in [6.07, 6.45) is 5.50. The predicted octanol–water partition coefficient (Wildman–Crippen LogP) is 4.23. The van der Waals surface area contributed by atoms with E-state index in [1.807, 2.05) is 6.07 Å². The van der Waals surface area contributed by atoms with Crippen LogP contribution in [0.3, 0.4) is 0 Å². The summed E-state index contributed by atoms with van der Waals surface area (Å²) in [6.45, 7) is 1.55. The lowest BCUT2D eigenvalue weighted by Gasteiger charge is -2.30. The normalized spacial score (nSPS) is 21.0. The third-order valence-electron chi connectivity index (χ3n) is 8.76. The molecule has 3 aliphatic rings. The van der Waals surface area contributed by atoms with Crippen molar-refractivity contribution in [3.8, 4) is 17.0 Å². The second kappa shape index (κ2) is 9.50. The Hall–Kier alpha value is -4.02. The van der Waals surface area contributed by atoms with E-state index in [0.29, 0.717) is 34.1 Å². The number of primary amides is 1. The molecule has 0 spiro atoms. The molecule has 216 valence electrons. The SMILES string of the molecule is C[C@]1(C(N)=O)COc2c1cc(C(O)(CNC(=O)c1ccn3nc(C4CC4)cc3c1)C1CC1)nc2-c1ccc(F)c(Cl)c1. The number of pyridine rings is 2. The summed E-state index contributed by atoms with van der Waals surface area (Å²) in [7, 11) is 0. The molecule has 0 radical (unpaired) electrons. The molecule has 1 aromatic carbocycles. The molecule has 4 N–H and O–H groups in total. The van der Waals surface area contributed by atoms with Crippen LogP contribution in [0.15, 0.2) is 48.7 Å². The van der Waals surface area contributed by atoms with E-state index < -0.39 is 22.7 Å². The van der Waals surface area contributed by atoms with E-state index in [1.54, 1.807) is 35.8 Å². The maximum absolute atomic E-state index is 14.0. The van der Waals surface area contributed by atoms with Crippen molar-refractivity contribution in [2.45, 2.75) is 49.5 Å². The number of halogens is 2. The number of carbonyl (C=O) groups is 2. The van der Waals surface area contributed by atoms with Gasteiger partial charge in [-0.15, -0.1) is 0 Å². The maximum Gasteiger partial charge on any atom is 0.251 e. The van der Waals surface area contributed by atoms with Crippen molar-refractivity contribution in [3.63, 3.8) is 0 Å². The number of fused-ring (bicyclic) bond motifs is 2. The number of ether oxygens (including phenoxy) is 1. The van der Waals surface area contributed by atoms with Crippen LogP contribution in [0.1, 0.15) is 65.8 Å². The molecule has 3 aromatic heterocycles. The molecule has 2 fully saturated rings. The molecule has 1 aliphatic heterocycles. The average Bonchev–Trinajstić information content (AvgIpc) is 3.92. The summed E-state index contributed by atoms with van der Waals surface area (Å²) in [5.41, 5.74) is 6.86. The molecule has 4 aromatic rings. The van der Waals surface area contributed by atoms with Gasteiger partial charge < -0.3 is 20.9 Å². The van der Waals surface area contributed by atoms with Gasteiger partial charge in [-0.2, -0.15) is 5.10 Å². The van der Waals surface area contributed by atoms with Crippen molar-refractivity contribution >= 4 is 28.9 Å². The van der Waals surface area contributed by atoms with Crippen molar-refractivity contribution in [3.05, 3.63) is 82.0 Å². The highest BCUT2D eigenvalue weighted by molar-refractivity contribution is 6.31. The van der Waals surface area contributed by atoms with Crippen LogP contribution in [0, 0.1) is 11.7 Å². The molecule has 2 atom stereocenters. The molecule has 0 bridgehead atoms. The minimum absolute atomic E-state index is 0.0111. The van der Waals surface area contributed by atoms with Gasteiger partial charge in [-0.05, 0) is 81.0 Å². The lowest BCUT2D eigenvalue weighted by Crippen LogP contribution is -2.44. The molecule has 2 amide bonds. The number of aliphatic hydroxyl groups is 1. The topological polar surface area (TPSA) is 132 Å². The highest BCUT2D eigenvalue weighted by Crippen LogP contribution is 2.50. The zero-order valence-corrected chi connectivity index (χ0v) is 23.6. The van der Waals surface area contributed by atoms with Gasteiger partial charge in [0, 0.05) is 28.8 Å². The standard InChI is InChI=1S/C31H29ClFN5O4/c1-30(29(34)40)15-42-27-21(30)13-25(36-26(27)17-4-7-23(33)22(32)11-17)31(41,19-5-6-19)14-35-28(39)18-8-9-38-20(10-18)12-24(37-38)16-2-3-16/h4,7-13,16,19,41H,2-3,5-6,14-15H2,1H3,(H2,34,40)(H,35,39)/t30-,31?/m0/s1. The number of rotatable bonds is 8. The Morgan fingerprint density at radius 3 is 2.69 bits per heavy atom. The van der Waals surface area contributed by atoms with E-state index in [1.165, 1.54) is 18.2 Å². The molecule has 11 heteroatoms. The number of carbonyl (C=O) groups excluding carboxylic acids is 2. The summed E-state index contributed by atoms with van der Waals surface area (Å²) in [6, 6.07) is 11.3. The Balaban J connectivity index is 1.25. The third kappa shape index (κ3) is 4.40. The molecule has 9 nitrogen and oxygen atoms in total. The first-order valence-electron chi connectivity index (χ1n) is 14.0. The van der Waals surface area contributed by atoms with E-state index in [4.69, 9.17) is 27.1 Å². The zero-order chi connectivity index (χ0) is 29.4. The first-order valence-corrected chi connectivity index (χ1v) is 14.4. The van der Waals surface area contributed by atoms with Gasteiger partial charge in [0.1, 0.15) is 34.9 Å². The van der Waals surface area contributed by atoms with Gasteiger partial charge in [0.2, 0.25) is 5.91 Å². The number of hydrogen-bond acceptors (Lipinski definition) is 6. The van der Waals surface area contributed by atoms with Crippen molar-refractivity contribution in [1.29, 1.82) is 0 Å². The van der Waals surface area contributed by atoms with Crippen molar-refractivity contribution in [2.24, 2.45) is 11.7 Å². The number of nitrogens with one attached hydrogen (secondary N) is 1. The summed E-state index contributed by atoms with van der Waals surface area (Å²) >= 11 is 6.09. The fraction of sp³-hybridized carbons (Fsp3) is 0.355. The molecule has 0 saturated heterocycles. The van der Waals surface area contributed by atoms with Gasteiger partial charge in [-0.25, -0.2) is 13.9 Å². The molecule has 7 rings (SSSR count). The first-order chi connectivity index (χ1) is 20.1. The summed E-state index contributed by atoms with van der Waals surface area (Å²) in [5, 5.41) is 19.5. The molecular weight excluding hydrogens is 561 g/mol. The zero-order valence-electron chi connectivity index (χ0n) is 22.9. The lowest BCUT2D eigenvalue weighted by atomic mass is 9.81. The maximum atomic E-state index is 14.0. The number of benzene rings is 1.